The van der Waals surface area contributed by atoms with Crippen molar-refractivity contribution < 1.29 is 26.4 Å². The highest BCUT2D eigenvalue weighted by molar-refractivity contribution is 7.91. The van der Waals surface area contributed by atoms with Crippen molar-refractivity contribution in [2.75, 3.05) is 19.8 Å². The maximum atomic E-state index is 13.0. The molecule has 0 bridgehead atoms. The molecule has 3 aromatic heterocycles. The topological polar surface area (TPSA) is 98.1 Å². The zero-order valence-corrected chi connectivity index (χ0v) is 17.3. The van der Waals surface area contributed by atoms with E-state index in [2.05, 4.69) is 15.0 Å². The average molecular weight is 441 g/mol. The third kappa shape index (κ3) is 3.74. The van der Waals surface area contributed by atoms with Gasteiger partial charge < -0.3 is 9.47 Å². The molecule has 0 fully saturated rings. The Morgan fingerprint density at radius 3 is 2.40 bits per heavy atom. The molecule has 0 atom stereocenters. The van der Waals surface area contributed by atoms with Gasteiger partial charge in [0.05, 0.1) is 21.8 Å². The van der Waals surface area contributed by atoms with Gasteiger partial charge in [-0.25, -0.2) is 18.4 Å². The minimum absolute atomic E-state index is 0.0210. The summed E-state index contributed by atoms with van der Waals surface area (Å²) in [7, 11) is 0.690. The van der Waals surface area contributed by atoms with Gasteiger partial charge in [-0.1, -0.05) is 6.92 Å². The fourth-order valence-corrected chi connectivity index (χ4v) is 3.88. The van der Waals surface area contributed by atoms with Gasteiger partial charge in [0.2, 0.25) is 0 Å². The molecular formula is C18H18F3N5O3S. The number of hydrogen-bond donors (Lipinski definition) is 0. The Morgan fingerprint density at radius 1 is 1.17 bits per heavy atom. The van der Waals surface area contributed by atoms with Crippen LogP contribution in [0.5, 0.6) is 0 Å². The molecule has 1 amide bonds. The van der Waals surface area contributed by atoms with E-state index >= 15 is 0 Å². The first-order valence-corrected chi connectivity index (χ1v) is 10.4. The van der Waals surface area contributed by atoms with Crippen molar-refractivity contribution in [2.45, 2.75) is 18.0 Å². The molecule has 3 aromatic rings. The second kappa shape index (κ2) is 7.35. The van der Waals surface area contributed by atoms with E-state index in [1.807, 2.05) is 0 Å². The van der Waals surface area contributed by atoms with Gasteiger partial charge >= 0.3 is 6.18 Å². The van der Waals surface area contributed by atoms with Gasteiger partial charge in [-0.3, -0.25) is 9.78 Å². The molecule has 0 aliphatic carbocycles. The fraction of sp³-hybridized carbons (Fsp3) is 0.333. The molecule has 0 unspecified atom stereocenters. The van der Waals surface area contributed by atoms with Crippen LogP contribution in [0.15, 0.2) is 29.4 Å². The zero-order chi connectivity index (χ0) is 22.4. The third-order valence-electron chi connectivity index (χ3n) is 4.47. The maximum Gasteiger partial charge on any atom is 0.417 e. The monoisotopic (exact) mass is 441 g/mol. The summed E-state index contributed by atoms with van der Waals surface area (Å²) in [4.78, 5) is 25.4. The van der Waals surface area contributed by atoms with Crippen molar-refractivity contribution in [3.05, 3.63) is 35.7 Å². The van der Waals surface area contributed by atoms with Crippen LogP contribution >= 0.6 is 0 Å². The average Bonchev–Trinajstić information content (AvgIpc) is 3.02. The van der Waals surface area contributed by atoms with Crippen LogP contribution < -0.4 is 0 Å². The van der Waals surface area contributed by atoms with Crippen LogP contribution in [0.3, 0.4) is 0 Å². The number of carbonyl (C=O) groups excluding carboxylic acids is 1. The summed E-state index contributed by atoms with van der Waals surface area (Å²) in [5.74, 6) is -0.683. The molecule has 0 saturated carbocycles. The second-order valence-corrected chi connectivity index (χ2v) is 8.98. The molecular weight excluding hydrogens is 423 g/mol. The molecule has 0 saturated heterocycles. The lowest BCUT2D eigenvalue weighted by molar-refractivity contribution is -0.137. The van der Waals surface area contributed by atoms with Crippen LogP contribution in [0.2, 0.25) is 0 Å². The highest BCUT2D eigenvalue weighted by Crippen LogP contribution is 2.32. The maximum absolute atomic E-state index is 13.0. The lowest BCUT2D eigenvalue weighted by Crippen LogP contribution is -2.22. The van der Waals surface area contributed by atoms with Crippen molar-refractivity contribution in [1.29, 1.82) is 0 Å². The molecule has 12 heteroatoms. The normalized spacial score (nSPS) is 12.4. The van der Waals surface area contributed by atoms with E-state index < -0.39 is 27.5 Å². The van der Waals surface area contributed by atoms with E-state index in [-0.39, 0.29) is 38.9 Å². The zero-order valence-electron chi connectivity index (χ0n) is 16.5. The van der Waals surface area contributed by atoms with Crippen molar-refractivity contribution in [3.63, 3.8) is 0 Å². The van der Waals surface area contributed by atoms with E-state index in [4.69, 9.17) is 0 Å². The van der Waals surface area contributed by atoms with E-state index in [9.17, 15) is 26.4 Å². The predicted octanol–water partition coefficient (Wildman–Crippen LogP) is 2.54. The van der Waals surface area contributed by atoms with Gasteiger partial charge in [-0.2, -0.15) is 13.2 Å². The highest BCUT2D eigenvalue weighted by Gasteiger charge is 2.32. The number of imidazole rings is 1. The number of alkyl halides is 3. The first-order valence-electron chi connectivity index (χ1n) is 8.71. The summed E-state index contributed by atoms with van der Waals surface area (Å²) in [5, 5.41) is 0. The number of carbonyl (C=O) groups is 1. The summed E-state index contributed by atoms with van der Waals surface area (Å²) in [5.41, 5.74) is -0.903. The summed E-state index contributed by atoms with van der Waals surface area (Å²) >= 11 is 0. The van der Waals surface area contributed by atoms with Crippen molar-refractivity contribution >= 4 is 26.9 Å². The largest absolute Gasteiger partial charge is 0.417 e. The molecule has 30 heavy (non-hydrogen) atoms. The van der Waals surface area contributed by atoms with Gasteiger partial charge in [-0.05, 0) is 12.1 Å². The van der Waals surface area contributed by atoms with Crippen LogP contribution in [-0.4, -0.2) is 58.6 Å². The first-order chi connectivity index (χ1) is 13.9. The molecule has 3 heterocycles. The minimum Gasteiger partial charge on any atom is -0.345 e. The van der Waals surface area contributed by atoms with Crippen LogP contribution in [0, 0.1) is 0 Å². The van der Waals surface area contributed by atoms with E-state index in [0.717, 1.165) is 6.07 Å². The van der Waals surface area contributed by atoms with Crippen LogP contribution in [0.1, 0.15) is 22.8 Å². The summed E-state index contributed by atoms with van der Waals surface area (Å²) in [6.45, 7) is 1.44. The Bertz CT molecular complexity index is 1250. The number of rotatable bonds is 4. The molecule has 3 rings (SSSR count). The first kappa shape index (κ1) is 21.7. The number of amides is 1. The summed E-state index contributed by atoms with van der Waals surface area (Å²) in [6.07, 6.45) is -2.70. The number of halogens is 3. The molecule has 0 radical (unpaired) electrons. The summed E-state index contributed by atoms with van der Waals surface area (Å²) < 4.78 is 65.7. The Kier molecular flexibility index (Phi) is 5.31. The predicted molar refractivity (Wildman–Crippen MR) is 102 cm³/mol. The van der Waals surface area contributed by atoms with Crippen molar-refractivity contribution in [2.24, 2.45) is 7.05 Å². The third-order valence-corrected chi connectivity index (χ3v) is 6.21. The number of fused-ring (bicyclic) bond motifs is 1. The Labute approximate surface area is 170 Å². The Morgan fingerprint density at radius 2 is 1.83 bits per heavy atom. The smallest absolute Gasteiger partial charge is 0.345 e. The van der Waals surface area contributed by atoms with Gasteiger partial charge in [0, 0.05) is 33.5 Å². The fourth-order valence-electron chi connectivity index (χ4n) is 2.82. The molecule has 0 N–H and O–H groups in total. The Balaban J connectivity index is 2.28. The van der Waals surface area contributed by atoms with Crippen LogP contribution in [0.4, 0.5) is 13.2 Å². The SMILES string of the molecule is CCS(=O)(=O)c1cc(C(=O)N(C)C)cnc1-c1nc2cc(C(F)(F)F)cnc2n1C. The van der Waals surface area contributed by atoms with Crippen molar-refractivity contribution in [1.82, 2.24) is 24.4 Å². The number of hydrogen-bond acceptors (Lipinski definition) is 6. The van der Waals surface area contributed by atoms with Gasteiger partial charge in [0.15, 0.2) is 21.3 Å². The number of sulfone groups is 1. The van der Waals surface area contributed by atoms with Gasteiger partial charge in [0.1, 0.15) is 11.2 Å². The van der Waals surface area contributed by atoms with E-state index in [1.54, 1.807) is 0 Å². The van der Waals surface area contributed by atoms with Crippen LogP contribution in [-0.2, 0) is 23.1 Å². The molecule has 0 aliphatic rings. The number of nitrogens with zero attached hydrogens (tertiary/aromatic N) is 5. The van der Waals surface area contributed by atoms with Gasteiger partial charge in [0.25, 0.3) is 5.91 Å². The standard InChI is InChI=1S/C18H18F3N5O3S/c1-5-30(28,29)13-6-10(17(27)25(2)3)8-22-14(13)16-24-12-7-11(18(19,20)21)9-23-15(12)26(16)4/h6-9H,5H2,1-4H3. The molecule has 0 aromatic carbocycles. The molecule has 8 nitrogen and oxygen atoms in total. The Hall–Kier alpha value is -3.02. The van der Waals surface area contributed by atoms with Crippen LogP contribution in [0.25, 0.3) is 22.7 Å². The lowest BCUT2D eigenvalue weighted by Gasteiger charge is -2.13. The number of aryl methyl sites for hydroxylation is 1. The van der Waals surface area contributed by atoms with Crippen molar-refractivity contribution in [3.8, 4) is 11.5 Å². The van der Waals surface area contributed by atoms with E-state index in [0.29, 0.717) is 6.20 Å². The quantitative estimate of drug-likeness (QED) is 0.617. The molecule has 0 aliphatic heterocycles. The lowest BCUT2D eigenvalue weighted by atomic mass is 10.2. The minimum atomic E-state index is -4.60. The van der Waals surface area contributed by atoms with E-state index in [1.165, 1.54) is 49.8 Å². The molecule has 160 valence electrons. The number of aromatic nitrogens is 4. The number of pyridine rings is 2. The molecule has 0 spiro atoms. The van der Waals surface area contributed by atoms with Gasteiger partial charge in [-0.15, -0.1) is 0 Å². The second-order valence-electron chi connectivity index (χ2n) is 6.73. The highest BCUT2D eigenvalue weighted by atomic mass is 32.2. The summed E-state index contributed by atoms with van der Waals surface area (Å²) in [6, 6.07) is 2.04.